The average Bonchev–Trinajstić information content (AvgIpc) is 3.46. The van der Waals surface area contributed by atoms with Gasteiger partial charge in [-0.05, 0) is 38.1 Å². The summed E-state index contributed by atoms with van der Waals surface area (Å²) in [6, 6.07) is 0.831. The van der Waals surface area contributed by atoms with E-state index in [2.05, 4.69) is 20.6 Å². The highest BCUT2D eigenvalue weighted by molar-refractivity contribution is 6.54. The fourth-order valence-corrected chi connectivity index (χ4v) is 3.70. The van der Waals surface area contributed by atoms with Crippen molar-refractivity contribution in [2.45, 2.75) is 51.6 Å². The van der Waals surface area contributed by atoms with Crippen LogP contribution in [0, 0.1) is 11.3 Å². The molecule has 1 aliphatic carbocycles. The zero-order chi connectivity index (χ0) is 19.6. The Morgan fingerprint density at radius 3 is 2.74 bits per heavy atom. The first-order valence-electron chi connectivity index (χ1n) is 9.81. The first kappa shape index (κ1) is 19.5. The summed E-state index contributed by atoms with van der Waals surface area (Å²) in [7, 11) is 1.68. The molecule has 1 unspecified atom stereocenters. The van der Waals surface area contributed by atoms with Gasteiger partial charge in [-0.15, -0.1) is 0 Å². The van der Waals surface area contributed by atoms with Crippen LogP contribution in [0.5, 0.6) is 0 Å². The zero-order valence-electron chi connectivity index (χ0n) is 16.4. The van der Waals surface area contributed by atoms with Crippen molar-refractivity contribution < 1.29 is 9.59 Å². The number of nitrogens with zero attached hydrogens (tertiary/aromatic N) is 3. The van der Waals surface area contributed by atoms with E-state index in [0.29, 0.717) is 11.8 Å². The molecule has 0 spiro atoms. The maximum atomic E-state index is 12.7. The molecule has 0 aromatic rings. The van der Waals surface area contributed by atoms with Crippen LogP contribution in [0.3, 0.4) is 0 Å². The SMILES string of the molecule is CN/C=C1\C(=N)C(C(C)C)=NN(CC(=O)NC2CCCN(C3CC3)C2)C1=O. The minimum Gasteiger partial charge on any atom is -0.393 e. The number of hydrazone groups is 1. The fourth-order valence-electron chi connectivity index (χ4n) is 3.70. The number of likely N-dealkylation sites (tertiary alicyclic amines) is 1. The summed E-state index contributed by atoms with van der Waals surface area (Å²) in [6.07, 6.45) is 6.09. The van der Waals surface area contributed by atoms with Gasteiger partial charge in [-0.3, -0.25) is 19.9 Å². The number of piperidine rings is 1. The standard InChI is InChI=1S/C19H30N6O2/c1-12(2)18-17(20)15(9-21-3)19(27)25(23-18)11-16(26)22-13-5-4-8-24(10-13)14-6-7-14/h9,12-14,20-21H,4-8,10-11H2,1-3H3,(H,22,26)/b15-9+,20-17?. The molecule has 2 heterocycles. The molecular formula is C19H30N6O2. The molecule has 2 amide bonds. The van der Waals surface area contributed by atoms with Gasteiger partial charge in [0.2, 0.25) is 5.91 Å². The van der Waals surface area contributed by atoms with Crippen molar-refractivity contribution >= 4 is 23.2 Å². The molecule has 1 saturated carbocycles. The number of rotatable bonds is 6. The third-order valence-corrected chi connectivity index (χ3v) is 5.23. The van der Waals surface area contributed by atoms with Gasteiger partial charge in [0, 0.05) is 31.9 Å². The van der Waals surface area contributed by atoms with Gasteiger partial charge < -0.3 is 10.6 Å². The average molecular weight is 374 g/mol. The van der Waals surface area contributed by atoms with E-state index >= 15 is 0 Å². The van der Waals surface area contributed by atoms with Crippen LogP contribution in [0.2, 0.25) is 0 Å². The van der Waals surface area contributed by atoms with Gasteiger partial charge in [-0.2, -0.15) is 5.10 Å². The molecule has 0 bridgehead atoms. The van der Waals surface area contributed by atoms with E-state index in [1.54, 1.807) is 7.05 Å². The lowest BCUT2D eigenvalue weighted by atomic mass is 9.96. The molecule has 2 aliphatic heterocycles. The van der Waals surface area contributed by atoms with Gasteiger partial charge in [0.25, 0.3) is 5.91 Å². The van der Waals surface area contributed by atoms with E-state index in [4.69, 9.17) is 5.41 Å². The monoisotopic (exact) mass is 374 g/mol. The molecule has 3 N–H and O–H groups in total. The van der Waals surface area contributed by atoms with Gasteiger partial charge in [-0.25, -0.2) is 5.01 Å². The van der Waals surface area contributed by atoms with Crippen molar-refractivity contribution in [3.05, 3.63) is 11.8 Å². The van der Waals surface area contributed by atoms with Crippen LogP contribution in [0.25, 0.3) is 0 Å². The minimum atomic E-state index is -0.419. The molecule has 3 aliphatic rings. The smallest absolute Gasteiger partial charge is 0.278 e. The van der Waals surface area contributed by atoms with E-state index in [0.717, 1.165) is 25.9 Å². The molecule has 2 fully saturated rings. The topological polar surface area (TPSA) is 101 Å². The number of carbonyl (C=O) groups excluding carboxylic acids is 2. The Morgan fingerprint density at radius 2 is 2.11 bits per heavy atom. The highest BCUT2D eigenvalue weighted by Gasteiger charge is 2.35. The number of hydrogen-bond acceptors (Lipinski definition) is 6. The normalized spacial score (nSPS) is 25.8. The van der Waals surface area contributed by atoms with E-state index in [1.165, 1.54) is 24.1 Å². The Labute approximate surface area is 160 Å². The second kappa shape index (κ2) is 8.21. The van der Waals surface area contributed by atoms with Crippen molar-refractivity contribution in [2.75, 3.05) is 26.7 Å². The predicted molar refractivity (Wildman–Crippen MR) is 105 cm³/mol. The van der Waals surface area contributed by atoms with Crippen LogP contribution in [0.1, 0.15) is 39.5 Å². The molecule has 27 heavy (non-hydrogen) atoms. The molecule has 0 radical (unpaired) electrons. The maximum absolute atomic E-state index is 12.7. The van der Waals surface area contributed by atoms with Crippen LogP contribution in [-0.4, -0.2) is 71.9 Å². The van der Waals surface area contributed by atoms with Crippen LogP contribution >= 0.6 is 0 Å². The summed E-state index contributed by atoms with van der Waals surface area (Å²) >= 11 is 0. The quantitative estimate of drug-likeness (QED) is 0.596. The highest BCUT2D eigenvalue weighted by Crippen LogP contribution is 2.29. The molecule has 3 rings (SSSR count). The third kappa shape index (κ3) is 4.55. The van der Waals surface area contributed by atoms with Gasteiger partial charge in [0.1, 0.15) is 6.54 Å². The van der Waals surface area contributed by atoms with Gasteiger partial charge in [0.05, 0.1) is 17.0 Å². The predicted octanol–water partition coefficient (Wildman–Crippen LogP) is 0.707. The van der Waals surface area contributed by atoms with Crippen LogP contribution < -0.4 is 10.6 Å². The zero-order valence-corrected chi connectivity index (χ0v) is 16.4. The summed E-state index contributed by atoms with van der Waals surface area (Å²) in [5.74, 6) is -0.630. The first-order valence-corrected chi connectivity index (χ1v) is 9.81. The second-order valence-corrected chi connectivity index (χ2v) is 7.86. The lowest BCUT2D eigenvalue weighted by Crippen LogP contribution is -2.51. The van der Waals surface area contributed by atoms with Crippen LogP contribution in [-0.2, 0) is 9.59 Å². The van der Waals surface area contributed by atoms with Crippen LogP contribution in [0.4, 0.5) is 0 Å². The highest BCUT2D eigenvalue weighted by atomic mass is 16.2. The third-order valence-electron chi connectivity index (χ3n) is 5.23. The molecule has 8 heteroatoms. The van der Waals surface area contributed by atoms with Crippen molar-refractivity contribution in [1.29, 1.82) is 5.41 Å². The lowest BCUT2D eigenvalue weighted by Gasteiger charge is -2.33. The van der Waals surface area contributed by atoms with Gasteiger partial charge in [-0.1, -0.05) is 13.8 Å². The van der Waals surface area contributed by atoms with Gasteiger partial charge in [0.15, 0.2) is 0 Å². The molecule has 148 valence electrons. The Hall–Kier alpha value is -2.22. The van der Waals surface area contributed by atoms with Gasteiger partial charge >= 0.3 is 0 Å². The van der Waals surface area contributed by atoms with E-state index in [9.17, 15) is 9.59 Å². The van der Waals surface area contributed by atoms with E-state index in [-0.39, 0.29) is 35.7 Å². The molecule has 0 aromatic carbocycles. The van der Waals surface area contributed by atoms with Crippen LogP contribution in [0.15, 0.2) is 16.9 Å². The lowest BCUT2D eigenvalue weighted by molar-refractivity contribution is -0.133. The molecule has 0 aromatic heterocycles. The number of amides is 2. The molecule has 8 nitrogen and oxygen atoms in total. The Morgan fingerprint density at radius 1 is 1.37 bits per heavy atom. The van der Waals surface area contributed by atoms with Crippen molar-refractivity contribution in [2.24, 2.45) is 11.0 Å². The summed E-state index contributed by atoms with van der Waals surface area (Å²) in [6.45, 7) is 5.73. The van der Waals surface area contributed by atoms with Crippen molar-refractivity contribution in [3.63, 3.8) is 0 Å². The number of hydrogen-bond donors (Lipinski definition) is 3. The number of nitrogens with one attached hydrogen (secondary N) is 3. The Balaban J connectivity index is 1.65. The van der Waals surface area contributed by atoms with E-state index < -0.39 is 5.91 Å². The molecule has 1 saturated heterocycles. The van der Waals surface area contributed by atoms with E-state index in [1.807, 2.05) is 13.8 Å². The Bertz CT molecular complexity index is 680. The maximum Gasteiger partial charge on any atom is 0.278 e. The molecular weight excluding hydrogens is 344 g/mol. The largest absolute Gasteiger partial charge is 0.393 e. The second-order valence-electron chi connectivity index (χ2n) is 7.86. The summed E-state index contributed by atoms with van der Waals surface area (Å²) in [4.78, 5) is 27.7. The number of carbonyl (C=O) groups is 2. The molecule has 1 atom stereocenters. The summed E-state index contributed by atoms with van der Waals surface area (Å²) in [5, 5.41) is 19.6. The minimum absolute atomic E-state index is 0.0122. The van der Waals surface area contributed by atoms with Crippen molar-refractivity contribution in [1.82, 2.24) is 20.5 Å². The first-order chi connectivity index (χ1) is 12.9. The summed E-state index contributed by atoms with van der Waals surface area (Å²) < 4.78 is 0. The van der Waals surface area contributed by atoms with Crippen molar-refractivity contribution in [3.8, 4) is 0 Å². The fraction of sp³-hybridized carbons (Fsp3) is 0.684. The Kier molecular flexibility index (Phi) is 5.94. The summed E-state index contributed by atoms with van der Waals surface area (Å²) in [5.41, 5.74) is 0.872.